The Morgan fingerprint density at radius 3 is 2.90 bits per heavy atom. The van der Waals surface area contributed by atoms with Crippen molar-refractivity contribution in [3.05, 3.63) is 27.7 Å². The van der Waals surface area contributed by atoms with Crippen LogP contribution in [0.25, 0.3) is 11.0 Å². The second-order valence-corrected chi connectivity index (χ2v) is 5.37. The van der Waals surface area contributed by atoms with Gasteiger partial charge >= 0.3 is 0 Å². The summed E-state index contributed by atoms with van der Waals surface area (Å²) in [5.41, 5.74) is 1.29. The third-order valence-electron chi connectivity index (χ3n) is 3.74. The average Bonchev–Trinajstić information content (AvgIpc) is 2.74. The lowest BCUT2D eigenvalue weighted by molar-refractivity contribution is 0.0697. The predicted molar refractivity (Wildman–Crippen MR) is 77.4 cm³/mol. The summed E-state index contributed by atoms with van der Waals surface area (Å²) >= 11 is 0. The SMILES string of the molecule is Cc1cc(C(=O)NC2CCOCC2)c2c(=O)[nH]n(C)c2n1. The number of hydrogen-bond acceptors (Lipinski definition) is 4. The van der Waals surface area contributed by atoms with Crippen LogP contribution in [0.5, 0.6) is 0 Å². The minimum absolute atomic E-state index is 0.0950. The molecule has 0 spiro atoms. The molecule has 0 aromatic carbocycles. The molecule has 0 radical (unpaired) electrons. The Labute approximate surface area is 121 Å². The van der Waals surface area contributed by atoms with Crippen LogP contribution in [-0.2, 0) is 11.8 Å². The normalized spacial score (nSPS) is 16.3. The maximum absolute atomic E-state index is 12.5. The summed E-state index contributed by atoms with van der Waals surface area (Å²) in [4.78, 5) is 28.8. The second-order valence-electron chi connectivity index (χ2n) is 5.37. The van der Waals surface area contributed by atoms with E-state index >= 15 is 0 Å². The fourth-order valence-corrected chi connectivity index (χ4v) is 2.67. The quantitative estimate of drug-likeness (QED) is 0.842. The highest BCUT2D eigenvalue weighted by Gasteiger charge is 2.21. The predicted octanol–water partition coefficient (Wildman–Crippen LogP) is 0.479. The first-order valence-electron chi connectivity index (χ1n) is 7.01. The minimum atomic E-state index is -0.294. The van der Waals surface area contributed by atoms with Gasteiger partial charge in [-0.1, -0.05) is 0 Å². The van der Waals surface area contributed by atoms with Gasteiger partial charge in [0.05, 0.1) is 10.9 Å². The Hall–Kier alpha value is -2.15. The number of aromatic amines is 1. The molecule has 1 aliphatic rings. The number of H-pyrrole nitrogens is 1. The van der Waals surface area contributed by atoms with Gasteiger partial charge in [0.15, 0.2) is 5.65 Å². The number of carbonyl (C=O) groups is 1. The number of nitrogens with one attached hydrogen (secondary N) is 2. The fraction of sp³-hybridized carbons (Fsp3) is 0.500. The summed E-state index contributed by atoms with van der Waals surface area (Å²) in [6.45, 7) is 3.12. The maximum Gasteiger partial charge on any atom is 0.274 e. The number of nitrogens with zero attached hydrogens (tertiary/aromatic N) is 2. The Bertz CT molecular complexity index is 740. The summed E-state index contributed by atoms with van der Waals surface area (Å²) in [5, 5.41) is 5.96. The third kappa shape index (κ3) is 2.56. The van der Waals surface area contributed by atoms with E-state index in [1.165, 1.54) is 4.68 Å². The molecule has 1 amide bonds. The molecule has 0 atom stereocenters. The molecule has 0 unspecified atom stereocenters. The van der Waals surface area contributed by atoms with Gasteiger partial charge in [-0.05, 0) is 25.8 Å². The molecule has 0 aliphatic carbocycles. The Morgan fingerprint density at radius 1 is 1.48 bits per heavy atom. The summed E-state index contributed by atoms with van der Waals surface area (Å²) < 4.78 is 6.82. The van der Waals surface area contributed by atoms with E-state index in [4.69, 9.17) is 4.74 Å². The molecular weight excluding hydrogens is 272 g/mol. The smallest absolute Gasteiger partial charge is 0.274 e. The first-order valence-corrected chi connectivity index (χ1v) is 7.01. The van der Waals surface area contributed by atoms with E-state index in [2.05, 4.69) is 15.4 Å². The number of ether oxygens (including phenoxy) is 1. The molecule has 0 saturated carbocycles. The molecule has 7 heteroatoms. The summed E-state index contributed by atoms with van der Waals surface area (Å²) in [6.07, 6.45) is 1.59. The van der Waals surface area contributed by atoms with E-state index in [-0.39, 0.29) is 17.5 Å². The molecular formula is C14H18N4O3. The molecule has 2 N–H and O–H groups in total. The molecule has 2 aromatic heterocycles. The van der Waals surface area contributed by atoms with E-state index in [9.17, 15) is 9.59 Å². The average molecular weight is 290 g/mol. The number of rotatable bonds is 2. The van der Waals surface area contributed by atoms with Crippen LogP contribution in [0.15, 0.2) is 10.9 Å². The molecule has 1 fully saturated rings. The van der Waals surface area contributed by atoms with Gasteiger partial charge in [0, 0.05) is 32.0 Å². The van der Waals surface area contributed by atoms with Gasteiger partial charge in [-0.15, -0.1) is 0 Å². The van der Waals surface area contributed by atoms with E-state index in [1.807, 2.05) is 6.92 Å². The molecule has 21 heavy (non-hydrogen) atoms. The monoisotopic (exact) mass is 290 g/mol. The van der Waals surface area contributed by atoms with Crippen molar-refractivity contribution in [3.63, 3.8) is 0 Å². The van der Waals surface area contributed by atoms with E-state index in [0.29, 0.717) is 35.5 Å². The van der Waals surface area contributed by atoms with Crippen LogP contribution in [0.1, 0.15) is 28.9 Å². The molecule has 7 nitrogen and oxygen atoms in total. The second kappa shape index (κ2) is 5.33. The molecule has 3 heterocycles. The highest BCUT2D eigenvalue weighted by molar-refractivity contribution is 6.05. The van der Waals surface area contributed by atoms with Crippen LogP contribution >= 0.6 is 0 Å². The van der Waals surface area contributed by atoms with Crippen molar-refractivity contribution >= 4 is 16.9 Å². The zero-order valence-corrected chi connectivity index (χ0v) is 12.1. The number of amides is 1. The topological polar surface area (TPSA) is 89.0 Å². The van der Waals surface area contributed by atoms with Gasteiger partial charge in [-0.2, -0.15) is 0 Å². The van der Waals surface area contributed by atoms with Crippen molar-refractivity contribution in [1.29, 1.82) is 0 Å². The van der Waals surface area contributed by atoms with Crippen molar-refractivity contribution in [1.82, 2.24) is 20.1 Å². The van der Waals surface area contributed by atoms with Crippen molar-refractivity contribution < 1.29 is 9.53 Å². The Kier molecular flexibility index (Phi) is 3.50. The van der Waals surface area contributed by atoms with Gasteiger partial charge < -0.3 is 10.1 Å². The van der Waals surface area contributed by atoms with Crippen molar-refractivity contribution in [2.75, 3.05) is 13.2 Å². The van der Waals surface area contributed by atoms with E-state index < -0.39 is 0 Å². The number of hydrogen-bond donors (Lipinski definition) is 2. The molecule has 0 bridgehead atoms. The van der Waals surface area contributed by atoms with Crippen LogP contribution in [0.3, 0.4) is 0 Å². The van der Waals surface area contributed by atoms with Crippen LogP contribution in [0.2, 0.25) is 0 Å². The van der Waals surface area contributed by atoms with Gasteiger partial charge in [-0.3, -0.25) is 19.4 Å². The van der Waals surface area contributed by atoms with Gasteiger partial charge in [-0.25, -0.2) is 4.98 Å². The standard InChI is InChI=1S/C14H18N4O3/c1-8-7-10(11-12(15-8)18(2)17-14(11)20)13(19)16-9-3-5-21-6-4-9/h7,9H,3-6H2,1-2H3,(H,16,19)(H,17,20). The van der Waals surface area contributed by atoms with Crippen molar-refractivity contribution in [3.8, 4) is 0 Å². The molecule has 3 rings (SSSR count). The van der Waals surface area contributed by atoms with Gasteiger partial charge in [0.2, 0.25) is 0 Å². The first kappa shape index (κ1) is 13.8. The summed E-state index contributed by atoms with van der Waals surface area (Å²) in [5.74, 6) is -0.228. The van der Waals surface area contributed by atoms with Crippen LogP contribution in [0.4, 0.5) is 0 Å². The maximum atomic E-state index is 12.5. The summed E-state index contributed by atoms with van der Waals surface area (Å²) in [7, 11) is 1.70. The summed E-state index contributed by atoms with van der Waals surface area (Å²) in [6, 6.07) is 1.75. The lowest BCUT2D eigenvalue weighted by atomic mass is 10.1. The Morgan fingerprint density at radius 2 is 2.19 bits per heavy atom. The van der Waals surface area contributed by atoms with Crippen LogP contribution in [0, 0.1) is 6.92 Å². The number of carbonyl (C=O) groups excluding carboxylic acids is 1. The zero-order chi connectivity index (χ0) is 15.0. The highest BCUT2D eigenvalue weighted by atomic mass is 16.5. The number of pyridine rings is 1. The molecule has 1 aliphatic heterocycles. The number of fused-ring (bicyclic) bond motifs is 1. The van der Waals surface area contributed by atoms with Gasteiger partial charge in [0.25, 0.3) is 11.5 Å². The molecule has 1 saturated heterocycles. The molecule has 112 valence electrons. The van der Waals surface area contributed by atoms with Crippen molar-refractivity contribution in [2.45, 2.75) is 25.8 Å². The lowest BCUT2D eigenvalue weighted by Gasteiger charge is -2.23. The van der Waals surface area contributed by atoms with Crippen LogP contribution < -0.4 is 10.9 Å². The van der Waals surface area contributed by atoms with E-state index in [1.54, 1.807) is 13.1 Å². The third-order valence-corrected chi connectivity index (χ3v) is 3.74. The highest BCUT2D eigenvalue weighted by Crippen LogP contribution is 2.15. The Balaban J connectivity index is 1.99. The van der Waals surface area contributed by atoms with Crippen molar-refractivity contribution in [2.24, 2.45) is 7.05 Å². The number of aryl methyl sites for hydroxylation is 2. The van der Waals surface area contributed by atoms with Crippen LogP contribution in [-0.4, -0.2) is 39.9 Å². The van der Waals surface area contributed by atoms with Gasteiger partial charge in [0.1, 0.15) is 0 Å². The lowest BCUT2D eigenvalue weighted by Crippen LogP contribution is -2.39. The number of aromatic nitrogens is 3. The first-order chi connectivity index (χ1) is 10.1. The largest absolute Gasteiger partial charge is 0.381 e. The fourth-order valence-electron chi connectivity index (χ4n) is 2.67. The molecule has 2 aromatic rings. The minimum Gasteiger partial charge on any atom is -0.381 e. The zero-order valence-electron chi connectivity index (χ0n) is 12.1. The van der Waals surface area contributed by atoms with E-state index in [0.717, 1.165) is 12.8 Å².